The maximum absolute atomic E-state index is 12.7. The van der Waals surface area contributed by atoms with E-state index in [0.29, 0.717) is 17.0 Å². The molecule has 2 aromatic heterocycles. The molecule has 0 fully saturated rings. The predicted octanol–water partition coefficient (Wildman–Crippen LogP) is 3.25. The Balaban J connectivity index is 1.69. The molecule has 12 nitrogen and oxygen atoms in total. The SMILES string of the molecule is COC(=O)c1c(-c2ccc(OCn3ccc([N+](=O)[O-])n3)cc2)nn(-c2ccccc2)c1C(=O)OC. The molecule has 0 amide bonds. The molecule has 0 aliphatic carbocycles. The summed E-state index contributed by atoms with van der Waals surface area (Å²) in [4.78, 5) is 35.5. The Labute approximate surface area is 198 Å². The minimum absolute atomic E-state index is 0.0410. The van der Waals surface area contributed by atoms with Gasteiger partial charge >= 0.3 is 17.8 Å². The standard InChI is InChI=1S/C23H19N5O7/c1-33-22(29)19-20(25-27(21(19)23(30)34-2)16-6-4-3-5-7-16)15-8-10-17(11-9-15)35-14-26-13-12-18(24-26)28(31)32/h3-13H,14H2,1-2H3. The second-order valence-electron chi connectivity index (χ2n) is 7.07. The number of methoxy groups -OCH3 is 2. The summed E-state index contributed by atoms with van der Waals surface area (Å²) in [5.41, 5.74) is 1.18. The van der Waals surface area contributed by atoms with Gasteiger partial charge in [0.15, 0.2) is 5.69 Å². The fourth-order valence-electron chi connectivity index (χ4n) is 3.33. The monoisotopic (exact) mass is 477 g/mol. The van der Waals surface area contributed by atoms with Crippen LogP contribution in [0, 0.1) is 10.1 Å². The van der Waals surface area contributed by atoms with Crippen LogP contribution >= 0.6 is 0 Å². The Bertz CT molecular complexity index is 1380. The van der Waals surface area contributed by atoms with Gasteiger partial charge in [-0.05, 0) is 41.3 Å². The fraction of sp³-hybridized carbons (Fsp3) is 0.130. The van der Waals surface area contributed by atoms with Crippen LogP contribution < -0.4 is 4.74 Å². The fourth-order valence-corrected chi connectivity index (χ4v) is 3.33. The van der Waals surface area contributed by atoms with E-state index in [4.69, 9.17) is 14.2 Å². The summed E-state index contributed by atoms with van der Waals surface area (Å²) in [5, 5.41) is 19.1. The van der Waals surface area contributed by atoms with Gasteiger partial charge in [0.1, 0.15) is 17.0 Å². The van der Waals surface area contributed by atoms with Gasteiger partial charge in [0.2, 0.25) is 6.73 Å². The lowest BCUT2D eigenvalue weighted by Crippen LogP contribution is -2.15. The van der Waals surface area contributed by atoms with Gasteiger partial charge < -0.3 is 24.3 Å². The summed E-state index contributed by atoms with van der Waals surface area (Å²) in [6.07, 6.45) is 1.43. The van der Waals surface area contributed by atoms with E-state index in [1.165, 1.54) is 35.8 Å². The lowest BCUT2D eigenvalue weighted by atomic mass is 10.1. The van der Waals surface area contributed by atoms with Crippen molar-refractivity contribution in [3.8, 4) is 22.7 Å². The molecule has 35 heavy (non-hydrogen) atoms. The van der Waals surface area contributed by atoms with E-state index >= 15 is 0 Å². The maximum atomic E-state index is 12.7. The summed E-state index contributed by atoms with van der Waals surface area (Å²) in [7, 11) is 2.43. The van der Waals surface area contributed by atoms with E-state index < -0.39 is 16.9 Å². The normalized spacial score (nSPS) is 10.6. The van der Waals surface area contributed by atoms with E-state index in [1.54, 1.807) is 48.5 Å². The first-order valence-corrected chi connectivity index (χ1v) is 10.2. The highest BCUT2D eigenvalue weighted by Gasteiger charge is 2.31. The van der Waals surface area contributed by atoms with Crippen LogP contribution in [0.1, 0.15) is 20.8 Å². The van der Waals surface area contributed by atoms with Gasteiger partial charge in [-0.1, -0.05) is 18.2 Å². The first-order valence-electron chi connectivity index (χ1n) is 10.2. The number of carbonyl (C=O) groups excluding carboxylic acids is 2. The van der Waals surface area contributed by atoms with Crippen molar-refractivity contribution in [1.29, 1.82) is 0 Å². The van der Waals surface area contributed by atoms with Gasteiger partial charge in [0, 0.05) is 5.56 Å². The number of ether oxygens (including phenoxy) is 3. The molecule has 0 saturated heterocycles. The van der Waals surface area contributed by atoms with Crippen molar-refractivity contribution in [2.45, 2.75) is 6.73 Å². The minimum atomic E-state index is -0.749. The highest BCUT2D eigenvalue weighted by Crippen LogP contribution is 2.30. The molecular formula is C23H19N5O7. The molecule has 0 aliphatic rings. The van der Waals surface area contributed by atoms with E-state index in [-0.39, 0.29) is 29.5 Å². The number of hydrogen-bond donors (Lipinski definition) is 0. The van der Waals surface area contributed by atoms with E-state index in [1.807, 2.05) is 6.07 Å². The molecule has 2 heterocycles. The second kappa shape index (κ2) is 9.87. The summed E-state index contributed by atoms with van der Waals surface area (Å²) in [6.45, 7) is -0.0459. The van der Waals surface area contributed by atoms with Gasteiger partial charge in [-0.25, -0.2) is 14.3 Å². The predicted molar refractivity (Wildman–Crippen MR) is 121 cm³/mol. The molecular weight excluding hydrogens is 458 g/mol. The van der Waals surface area contributed by atoms with Crippen LogP contribution in [0.25, 0.3) is 16.9 Å². The van der Waals surface area contributed by atoms with E-state index in [9.17, 15) is 19.7 Å². The molecule has 0 atom stereocenters. The molecule has 0 spiro atoms. The maximum Gasteiger partial charge on any atom is 0.390 e. The molecule has 0 bridgehead atoms. The molecule has 2 aromatic carbocycles. The van der Waals surface area contributed by atoms with Crippen LogP contribution in [-0.4, -0.2) is 50.6 Å². The highest BCUT2D eigenvalue weighted by molar-refractivity contribution is 6.06. The highest BCUT2D eigenvalue weighted by atomic mass is 16.6. The zero-order chi connectivity index (χ0) is 24.9. The van der Waals surface area contributed by atoms with Crippen molar-refractivity contribution in [2.24, 2.45) is 0 Å². The number of hydrogen-bond acceptors (Lipinski definition) is 9. The molecule has 4 aromatic rings. The van der Waals surface area contributed by atoms with Crippen molar-refractivity contribution < 1.29 is 28.7 Å². The average molecular weight is 477 g/mol. The zero-order valence-corrected chi connectivity index (χ0v) is 18.7. The number of nitrogens with zero attached hydrogens (tertiary/aromatic N) is 5. The van der Waals surface area contributed by atoms with Crippen molar-refractivity contribution >= 4 is 17.8 Å². The van der Waals surface area contributed by atoms with Gasteiger partial charge in [-0.2, -0.15) is 5.10 Å². The number of benzene rings is 2. The topological polar surface area (TPSA) is 141 Å². The molecule has 178 valence electrons. The van der Waals surface area contributed by atoms with Gasteiger partial charge in [0.05, 0.1) is 37.3 Å². The van der Waals surface area contributed by atoms with E-state index in [2.05, 4.69) is 10.2 Å². The average Bonchev–Trinajstić information content (AvgIpc) is 3.53. The molecule has 0 aliphatic heterocycles. The Hall–Kier alpha value is -5.00. The van der Waals surface area contributed by atoms with Crippen LogP contribution in [0.2, 0.25) is 0 Å². The number of rotatable bonds is 8. The zero-order valence-electron chi connectivity index (χ0n) is 18.7. The number of aromatic nitrogens is 4. The third-order valence-corrected chi connectivity index (χ3v) is 4.96. The van der Waals surface area contributed by atoms with Crippen LogP contribution in [0.3, 0.4) is 0 Å². The van der Waals surface area contributed by atoms with Gasteiger partial charge in [-0.3, -0.25) is 0 Å². The van der Waals surface area contributed by atoms with E-state index in [0.717, 1.165) is 0 Å². The van der Waals surface area contributed by atoms with Crippen LogP contribution in [0.5, 0.6) is 5.75 Å². The van der Waals surface area contributed by atoms with Gasteiger partial charge in [-0.15, -0.1) is 4.68 Å². The largest absolute Gasteiger partial charge is 0.469 e. The lowest BCUT2D eigenvalue weighted by Gasteiger charge is -2.07. The molecule has 0 unspecified atom stereocenters. The van der Waals surface area contributed by atoms with Gasteiger partial charge in [0.25, 0.3) is 0 Å². The summed E-state index contributed by atoms with van der Waals surface area (Å²) in [6, 6.07) is 16.7. The summed E-state index contributed by atoms with van der Waals surface area (Å²) >= 11 is 0. The van der Waals surface area contributed by atoms with Crippen LogP contribution in [0.4, 0.5) is 5.82 Å². The van der Waals surface area contributed by atoms with Crippen molar-refractivity contribution in [2.75, 3.05) is 14.2 Å². The number of para-hydroxylation sites is 1. The molecule has 0 saturated carbocycles. The second-order valence-corrected chi connectivity index (χ2v) is 7.07. The first-order chi connectivity index (χ1) is 16.9. The Morgan fingerprint density at radius 3 is 2.23 bits per heavy atom. The van der Waals surface area contributed by atoms with Crippen LogP contribution in [0.15, 0.2) is 66.9 Å². The minimum Gasteiger partial charge on any atom is -0.469 e. The first kappa shape index (κ1) is 23.2. The van der Waals surface area contributed by atoms with Crippen molar-refractivity contribution in [3.05, 3.63) is 88.2 Å². The number of esters is 2. The lowest BCUT2D eigenvalue weighted by molar-refractivity contribution is -0.389. The third-order valence-electron chi connectivity index (χ3n) is 4.96. The summed E-state index contributed by atoms with van der Waals surface area (Å²) in [5.74, 6) is -1.33. The Morgan fingerprint density at radius 1 is 0.943 bits per heavy atom. The smallest absolute Gasteiger partial charge is 0.390 e. The Morgan fingerprint density at radius 2 is 1.63 bits per heavy atom. The van der Waals surface area contributed by atoms with Crippen LogP contribution in [-0.2, 0) is 16.2 Å². The number of nitro groups is 1. The number of carbonyl (C=O) groups is 2. The molecule has 4 rings (SSSR count). The summed E-state index contributed by atoms with van der Waals surface area (Å²) < 4.78 is 18.1. The van der Waals surface area contributed by atoms with Crippen molar-refractivity contribution in [3.63, 3.8) is 0 Å². The van der Waals surface area contributed by atoms with Crippen molar-refractivity contribution in [1.82, 2.24) is 19.6 Å². The molecule has 12 heteroatoms. The Kier molecular flexibility index (Phi) is 6.53. The third kappa shape index (κ3) is 4.71. The molecule has 0 N–H and O–H groups in total. The molecule has 0 radical (unpaired) electrons. The quantitative estimate of drug-likeness (QED) is 0.212.